The second-order valence-corrected chi connectivity index (χ2v) is 8.93. The van der Waals surface area contributed by atoms with E-state index in [0.717, 1.165) is 24.8 Å². The van der Waals surface area contributed by atoms with Crippen molar-refractivity contribution in [2.75, 3.05) is 39.6 Å². The van der Waals surface area contributed by atoms with Crippen molar-refractivity contribution in [3.63, 3.8) is 0 Å². The van der Waals surface area contributed by atoms with E-state index < -0.39 is 0 Å². The Morgan fingerprint density at radius 1 is 1.13 bits per heavy atom. The number of fused-ring (bicyclic) bond motifs is 1. The fourth-order valence-corrected chi connectivity index (χ4v) is 4.85. The van der Waals surface area contributed by atoms with Crippen LogP contribution in [0.3, 0.4) is 0 Å². The van der Waals surface area contributed by atoms with Gasteiger partial charge in [-0.05, 0) is 36.6 Å². The van der Waals surface area contributed by atoms with E-state index in [2.05, 4.69) is 0 Å². The van der Waals surface area contributed by atoms with Crippen molar-refractivity contribution < 1.29 is 23.8 Å². The molecule has 3 aliphatic rings. The first-order chi connectivity index (χ1) is 14.6. The SMILES string of the molecule is O=C(CCCCCN1C(=O)/C(=C/c2ccc3c(c2)OCO3)SC1=S)N1CCOCC1. The second kappa shape index (κ2) is 9.80. The van der Waals surface area contributed by atoms with Crippen molar-refractivity contribution in [3.8, 4) is 11.5 Å². The van der Waals surface area contributed by atoms with E-state index in [1.807, 2.05) is 29.2 Å². The molecular formula is C21H24N2O5S2. The minimum atomic E-state index is -0.0629. The quantitative estimate of drug-likeness (QED) is 0.361. The third-order valence-electron chi connectivity index (χ3n) is 5.20. The highest BCUT2D eigenvalue weighted by Crippen LogP contribution is 2.36. The minimum absolute atomic E-state index is 0.0629. The molecule has 3 heterocycles. The van der Waals surface area contributed by atoms with E-state index in [1.165, 1.54) is 11.8 Å². The number of amides is 2. The molecular weight excluding hydrogens is 424 g/mol. The standard InChI is InChI=1S/C21H24N2O5S2/c24-19(22-8-10-26-11-9-22)4-2-1-3-7-23-20(25)18(30-21(23)29)13-15-5-6-16-17(12-15)28-14-27-16/h5-6,12-13H,1-4,7-11,14H2/b18-13-. The zero-order chi connectivity index (χ0) is 20.9. The molecule has 2 saturated heterocycles. The lowest BCUT2D eigenvalue weighted by molar-refractivity contribution is -0.135. The molecule has 0 atom stereocenters. The molecule has 7 nitrogen and oxygen atoms in total. The van der Waals surface area contributed by atoms with Crippen LogP contribution >= 0.6 is 24.0 Å². The number of morpholine rings is 1. The summed E-state index contributed by atoms with van der Waals surface area (Å²) in [4.78, 5) is 29.1. The van der Waals surface area contributed by atoms with Crippen LogP contribution in [-0.4, -0.2) is 65.6 Å². The Morgan fingerprint density at radius 2 is 1.93 bits per heavy atom. The van der Waals surface area contributed by atoms with Crippen LogP contribution in [0.5, 0.6) is 11.5 Å². The number of thioether (sulfide) groups is 1. The normalized spacial score (nSPS) is 19.8. The van der Waals surface area contributed by atoms with Crippen LogP contribution in [0.1, 0.15) is 31.2 Å². The van der Waals surface area contributed by atoms with Gasteiger partial charge in [0.25, 0.3) is 5.91 Å². The highest BCUT2D eigenvalue weighted by Gasteiger charge is 2.31. The van der Waals surface area contributed by atoms with Gasteiger partial charge in [-0.1, -0.05) is 36.5 Å². The second-order valence-electron chi connectivity index (χ2n) is 7.25. The van der Waals surface area contributed by atoms with E-state index in [9.17, 15) is 9.59 Å². The van der Waals surface area contributed by atoms with Gasteiger partial charge in [-0.25, -0.2) is 0 Å². The monoisotopic (exact) mass is 448 g/mol. The van der Waals surface area contributed by atoms with Crippen molar-refractivity contribution in [3.05, 3.63) is 28.7 Å². The molecule has 1 aromatic rings. The first-order valence-electron chi connectivity index (χ1n) is 10.1. The average molecular weight is 449 g/mol. The van der Waals surface area contributed by atoms with Crippen LogP contribution in [0.2, 0.25) is 0 Å². The molecule has 0 spiro atoms. The molecule has 0 saturated carbocycles. The van der Waals surface area contributed by atoms with Crippen LogP contribution in [0.15, 0.2) is 23.1 Å². The first kappa shape index (κ1) is 21.1. The van der Waals surface area contributed by atoms with Crippen molar-refractivity contribution in [1.29, 1.82) is 0 Å². The number of rotatable bonds is 7. The zero-order valence-electron chi connectivity index (χ0n) is 16.6. The Morgan fingerprint density at radius 3 is 2.77 bits per heavy atom. The van der Waals surface area contributed by atoms with Gasteiger partial charge >= 0.3 is 0 Å². The van der Waals surface area contributed by atoms with Gasteiger partial charge in [0.05, 0.1) is 18.1 Å². The Balaban J connectivity index is 1.23. The largest absolute Gasteiger partial charge is 0.454 e. The maximum Gasteiger partial charge on any atom is 0.266 e. The summed E-state index contributed by atoms with van der Waals surface area (Å²) in [5.74, 6) is 1.53. The molecule has 0 aromatic heterocycles. The molecule has 1 aromatic carbocycles. The minimum Gasteiger partial charge on any atom is -0.454 e. The summed E-state index contributed by atoms with van der Waals surface area (Å²) in [7, 11) is 0. The molecule has 0 unspecified atom stereocenters. The molecule has 0 radical (unpaired) electrons. The van der Waals surface area contributed by atoms with E-state index in [1.54, 1.807) is 4.90 Å². The third-order valence-corrected chi connectivity index (χ3v) is 6.58. The Hall–Kier alpha value is -2.10. The molecule has 30 heavy (non-hydrogen) atoms. The number of carbonyl (C=O) groups is 2. The fraction of sp³-hybridized carbons (Fsp3) is 0.476. The van der Waals surface area contributed by atoms with E-state index >= 15 is 0 Å². The first-order valence-corrected chi connectivity index (χ1v) is 11.3. The lowest BCUT2D eigenvalue weighted by atomic mass is 10.1. The number of benzene rings is 1. The number of unbranched alkanes of at least 4 members (excludes halogenated alkanes) is 2. The average Bonchev–Trinajstić information content (AvgIpc) is 3.33. The summed E-state index contributed by atoms with van der Waals surface area (Å²) >= 11 is 6.73. The smallest absolute Gasteiger partial charge is 0.266 e. The Bertz CT molecular complexity index is 867. The molecule has 160 valence electrons. The van der Waals surface area contributed by atoms with E-state index in [-0.39, 0.29) is 18.6 Å². The van der Waals surface area contributed by atoms with Gasteiger partial charge in [0, 0.05) is 26.1 Å². The highest BCUT2D eigenvalue weighted by molar-refractivity contribution is 8.26. The van der Waals surface area contributed by atoms with E-state index in [4.69, 9.17) is 26.4 Å². The molecule has 4 rings (SSSR count). The van der Waals surface area contributed by atoms with Crippen LogP contribution in [0, 0.1) is 0 Å². The van der Waals surface area contributed by atoms with Crippen molar-refractivity contribution >= 4 is 46.2 Å². The van der Waals surface area contributed by atoms with Crippen molar-refractivity contribution in [1.82, 2.24) is 9.80 Å². The molecule has 3 aliphatic heterocycles. The molecule has 0 N–H and O–H groups in total. The van der Waals surface area contributed by atoms with Crippen LogP contribution in [-0.2, 0) is 14.3 Å². The summed E-state index contributed by atoms with van der Waals surface area (Å²) < 4.78 is 16.6. The number of nitrogens with zero attached hydrogens (tertiary/aromatic N) is 2. The van der Waals surface area contributed by atoms with Crippen LogP contribution in [0.4, 0.5) is 0 Å². The van der Waals surface area contributed by atoms with Crippen LogP contribution < -0.4 is 9.47 Å². The lowest BCUT2D eigenvalue weighted by Gasteiger charge is -2.26. The fourth-order valence-electron chi connectivity index (χ4n) is 3.54. The number of hydrogen-bond acceptors (Lipinski definition) is 7. The van der Waals surface area contributed by atoms with Gasteiger partial charge < -0.3 is 19.1 Å². The Labute approximate surface area is 185 Å². The van der Waals surface area contributed by atoms with Gasteiger partial charge in [-0.15, -0.1) is 0 Å². The number of thiocarbonyl (C=S) groups is 1. The van der Waals surface area contributed by atoms with Gasteiger partial charge in [0.15, 0.2) is 11.5 Å². The van der Waals surface area contributed by atoms with Gasteiger partial charge in [0.2, 0.25) is 12.7 Å². The van der Waals surface area contributed by atoms with E-state index in [0.29, 0.717) is 60.0 Å². The van der Waals surface area contributed by atoms with Gasteiger partial charge in [-0.2, -0.15) is 0 Å². The summed E-state index contributed by atoms with van der Waals surface area (Å²) in [6, 6.07) is 5.60. The predicted molar refractivity (Wildman–Crippen MR) is 118 cm³/mol. The topological polar surface area (TPSA) is 68.3 Å². The number of ether oxygens (including phenoxy) is 3. The molecule has 2 amide bonds. The van der Waals surface area contributed by atoms with Crippen LogP contribution in [0.25, 0.3) is 6.08 Å². The Kier molecular flexibility index (Phi) is 6.91. The lowest BCUT2D eigenvalue weighted by Crippen LogP contribution is -2.40. The van der Waals surface area contributed by atoms with Gasteiger partial charge in [-0.3, -0.25) is 14.5 Å². The zero-order valence-corrected chi connectivity index (χ0v) is 18.3. The highest BCUT2D eigenvalue weighted by atomic mass is 32.2. The molecule has 2 fully saturated rings. The molecule has 0 aliphatic carbocycles. The summed E-state index contributed by atoms with van der Waals surface area (Å²) in [6.45, 7) is 3.42. The predicted octanol–water partition coefficient (Wildman–Crippen LogP) is 3.04. The maximum atomic E-state index is 12.8. The summed E-state index contributed by atoms with van der Waals surface area (Å²) in [5.41, 5.74) is 0.876. The summed E-state index contributed by atoms with van der Waals surface area (Å²) in [6.07, 6.45) is 4.90. The molecule has 9 heteroatoms. The molecule has 0 bridgehead atoms. The van der Waals surface area contributed by atoms with Crippen molar-refractivity contribution in [2.24, 2.45) is 0 Å². The third kappa shape index (κ3) is 4.96. The van der Waals surface area contributed by atoms with Crippen molar-refractivity contribution in [2.45, 2.75) is 25.7 Å². The summed E-state index contributed by atoms with van der Waals surface area (Å²) in [5, 5.41) is 0. The number of hydrogen-bond donors (Lipinski definition) is 0. The number of carbonyl (C=O) groups excluding carboxylic acids is 2. The van der Waals surface area contributed by atoms with Gasteiger partial charge in [0.1, 0.15) is 4.32 Å². The maximum absolute atomic E-state index is 12.8.